The minimum Gasteiger partial charge on any atom is -0.197 e. The normalized spacial score (nSPS) is 12.2. The molecule has 0 radical (unpaired) electrons. The van der Waals surface area contributed by atoms with E-state index in [-0.39, 0.29) is 4.83 Å². The van der Waals surface area contributed by atoms with Crippen LogP contribution in [0.1, 0.15) is 5.56 Å². The fraction of sp³-hybridized carbons (Fsp3) is 0.222. The average Bonchev–Trinajstić information content (AvgIpc) is 2.11. The van der Waals surface area contributed by atoms with E-state index >= 15 is 0 Å². The molecule has 0 fully saturated rings. The van der Waals surface area contributed by atoms with Crippen LogP contribution in [0.15, 0.2) is 18.2 Å². The first-order valence-corrected chi connectivity index (χ1v) is 5.28. The second kappa shape index (κ2) is 4.85. The van der Waals surface area contributed by atoms with Crippen LogP contribution in [0.25, 0.3) is 0 Å². The van der Waals surface area contributed by atoms with E-state index in [0.717, 1.165) is 5.56 Å². The lowest BCUT2D eigenvalue weighted by Crippen LogP contribution is -1.99. The molecule has 0 bridgehead atoms. The number of benzene rings is 1. The summed E-state index contributed by atoms with van der Waals surface area (Å²) < 4.78 is 0. The van der Waals surface area contributed by atoms with Crippen molar-refractivity contribution in [2.24, 2.45) is 0 Å². The zero-order valence-corrected chi connectivity index (χ0v) is 9.70. The van der Waals surface area contributed by atoms with Crippen LogP contribution < -0.4 is 0 Å². The van der Waals surface area contributed by atoms with Gasteiger partial charge in [0.05, 0.1) is 6.07 Å². The third-order valence-electron chi connectivity index (χ3n) is 1.55. The Hall–Kier alpha value is -0.230. The summed E-state index contributed by atoms with van der Waals surface area (Å²) in [6, 6.07) is 7.31. The van der Waals surface area contributed by atoms with Crippen molar-refractivity contribution in [2.75, 3.05) is 0 Å². The van der Waals surface area contributed by atoms with Gasteiger partial charge in [-0.2, -0.15) is 5.26 Å². The van der Waals surface area contributed by atoms with Crippen LogP contribution in [0.2, 0.25) is 10.0 Å². The third kappa shape index (κ3) is 3.19. The molecule has 13 heavy (non-hydrogen) atoms. The van der Waals surface area contributed by atoms with Crippen molar-refractivity contribution in [3.8, 4) is 6.07 Å². The van der Waals surface area contributed by atoms with Crippen LogP contribution in [-0.4, -0.2) is 4.83 Å². The van der Waals surface area contributed by atoms with E-state index in [4.69, 9.17) is 28.5 Å². The Bertz CT molecular complexity index is 346. The minimum atomic E-state index is -0.219. The Labute approximate surface area is 95.4 Å². The molecule has 4 heteroatoms. The molecule has 1 unspecified atom stereocenters. The summed E-state index contributed by atoms with van der Waals surface area (Å²) in [5, 5.41) is 9.86. The lowest BCUT2D eigenvalue weighted by Gasteiger charge is -2.04. The topological polar surface area (TPSA) is 23.8 Å². The van der Waals surface area contributed by atoms with Crippen LogP contribution >= 0.6 is 39.1 Å². The van der Waals surface area contributed by atoms with E-state index in [9.17, 15) is 0 Å². The first-order valence-electron chi connectivity index (χ1n) is 3.61. The van der Waals surface area contributed by atoms with Gasteiger partial charge in [0.15, 0.2) is 0 Å². The molecule has 0 aromatic heterocycles. The molecule has 0 saturated carbocycles. The van der Waals surface area contributed by atoms with Crippen molar-refractivity contribution >= 4 is 39.1 Å². The first-order chi connectivity index (χ1) is 6.13. The van der Waals surface area contributed by atoms with E-state index in [1.165, 1.54) is 0 Å². The molecule has 1 atom stereocenters. The molecule has 0 aliphatic carbocycles. The van der Waals surface area contributed by atoms with Gasteiger partial charge in [0.25, 0.3) is 0 Å². The summed E-state index contributed by atoms with van der Waals surface area (Å²) >= 11 is 14.9. The fourth-order valence-corrected chi connectivity index (χ4v) is 1.68. The van der Waals surface area contributed by atoms with Gasteiger partial charge in [0, 0.05) is 10.0 Å². The van der Waals surface area contributed by atoms with Gasteiger partial charge in [-0.15, -0.1) is 0 Å². The van der Waals surface area contributed by atoms with E-state index < -0.39 is 0 Å². The first kappa shape index (κ1) is 10.8. The summed E-state index contributed by atoms with van der Waals surface area (Å²) in [5.41, 5.74) is 0.887. The van der Waals surface area contributed by atoms with Gasteiger partial charge in [-0.25, -0.2) is 0 Å². The molecule has 0 N–H and O–H groups in total. The summed E-state index contributed by atoms with van der Waals surface area (Å²) in [5.74, 6) is 0. The van der Waals surface area contributed by atoms with Crippen molar-refractivity contribution in [3.63, 3.8) is 0 Å². The summed E-state index contributed by atoms with van der Waals surface area (Å²) in [6.07, 6.45) is 0.565. The average molecular weight is 279 g/mol. The molecule has 1 aromatic rings. The number of halogens is 3. The summed E-state index contributed by atoms with van der Waals surface area (Å²) in [6.45, 7) is 0. The molecule has 68 valence electrons. The molecule has 0 aliphatic heterocycles. The molecule has 0 aliphatic rings. The maximum atomic E-state index is 8.58. The second-order valence-electron chi connectivity index (χ2n) is 2.54. The molecule has 0 spiro atoms. The van der Waals surface area contributed by atoms with Crippen molar-refractivity contribution < 1.29 is 0 Å². The van der Waals surface area contributed by atoms with Gasteiger partial charge < -0.3 is 0 Å². The Morgan fingerprint density at radius 3 is 2.77 bits per heavy atom. The Balaban J connectivity index is 2.88. The number of hydrogen-bond donors (Lipinski definition) is 0. The number of alkyl halides is 1. The molecule has 0 saturated heterocycles. The van der Waals surface area contributed by atoms with Crippen LogP contribution in [-0.2, 0) is 6.42 Å². The van der Waals surface area contributed by atoms with Crippen molar-refractivity contribution in [1.29, 1.82) is 5.26 Å². The Morgan fingerprint density at radius 1 is 1.46 bits per heavy atom. The predicted octanol–water partition coefficient (Wildman–Crippen LogP) is 3.82. The highest BCUT2D eigenvalue weighted by molar-refractivity contribution is 9.09. The van der Waals surface area contributed by atoms with Gasteiger partial charge in [0.1, 0.15) is 4.83 Å². The number of nitrogens with zero attached hydrogens (tertiary/aromatic N) is 1. The Kier molecular flexibility index (Phi) is 4.05. The van der Waals surface area contributed by atoms with Gasteiger partial charge >= 0.3 is 0 Å². The number of nitriles is 1. The van der Waals surface area contributed by atoms with Crippen molar-refractivity contribution in [3.05, 3.63) is 33.8 Å². The predicted molar refractivity (Wildman–Crippen MR) is 58.5 cm³/mol. The highest BCUT2D eigenvalue weighted by atomic mass is 79.9. The quantitative estimate of drug-likeness (QED) is 0.755. The molecule has 1 rings (SSSR count). The maximum absolute atomic E-state index is 8.58. The third-order valence-corrected chi connectivity index (χ3v) is 2.68. The summed E-state index contributed by atoms with van der Waals surface area (Å²) in [4.78, 5) is -0.219. The van der Waals surface area contributed by atoms with Crippen LogP contribution in [0.3, 0.4) is 0 Å². The highest BCUT2D eigenvalue weighted by Crippen LogP contribution is 2.23. The smallest absolute Gasteiger partial charge is 0.105 e. The lowest BCUT2D eigenvalue weighted by atomic mass is 10.1. The van der Waals surface area contributed by atoms with Crippen LogP contribution in [0.4, 0.5) is 0 Å². The van der Waals surface area contributed by atoms with Crippen LogP contribution in [0.5, 0.6) is 0 Å². The van der Waals surface area contributed by atoms with E-state index in [1.54, 1.807) is 18.2 Å². The number of rotatable bonds is 2. The van der Waals surface area contributed by atoms with E-state index in [1.807, 2.05) is 0 Å². The van der Waals surface area contributed by atoms with Gasteiger partial charge in [-0.05, 0) is 30.2 Å². The zero-order valence-electron chi connectivity index (χ0n) is 6.60. The Morgan fingerprint density at radius 2 is 2.15 bits per heavy atom. The molecular formula is C9H6BrCl2N. The molecule has 1 aromatic carbocycles. The number of hydrogen-bond acceptors (Lipinski definition) is 1. The largest absolute Gasteiger partial charge is 0.197 e. The van der Waals surface area contributed by atoms with Gasteiger partial charge in [0.2, 0.25) is 0 Å². The fourth-order valence-electron chi connectivity index (χ4n) is 0.938. The minimum absolute atomic E-state index is 0.219. The lowest BCUT2D eigenvalue weighted by molar-refractivity contribution is 1.04. The second-order valence-corrected chi connectivity index (χ2v) is 4.49. The van der Waals surface area contributed by atoms with Gasteiger partial charge in [-0.3, -0.25) is 0 Å². The van der Waals surface area contributed by atoms with Gasteiger partial charge in [-0.1, -0.05) is 39.1 Å². The van der Waals surface area contributed by atoms with Crippen molar-refractivity contribution in [1.82, 2.24) is 0 Å². The monoisotopic (exact) mass is 277 g/mol. The molecule has 0 heterocycles. The van der Waals surface area contributed by atoms with Crippen molar-refractivity contribution in [2.45, 2.75) is 11.2 Å². The van der Waals surface area contributed by atoms with E-state index in [0.29, 0.717) is 16.5 Å². The maximum Gasteiger partial charge on any atom is 0.105 e. The molecule has 1 nitrogen and oxygen atoms in total. The summed E-state index contributed by atoms with van der Waals surface area (Å²) in [7, 11) is 0. The molecular weight excluding hydrogens is 273 g/mol. The zero-order chi connectivity index (χ0) is 9.84. The SMILES string of the molecule is N#CC(Br)Cc1cc(Cl)ccc1Cl. The van der Waals surface area contributed by atoms with E-state index in [2.05, 4.69) is 22.0 Å². The highest BCUT2D eigenvalue weighted by Gasteiger charge is 2.07. The van der Waals surface area contributed by atoms with Crippen LogP contribution in [0, 0.1) is 11.3 Å². The standard InChI is InChI=1S/C9H6BrCl2N/c10-7(5-13)3-6-4-8(11)1-2-9(6)12/h1-2,4,7H,3H2. The molecule has 0 amide bonds.